The van der Waals surface area contributed by atoms with Crippen molar-refractivity contribution in [3.8, 4) is 0 Å². The molecule has 0 spiro atoms. The molecule has 0 atom stereocenters. The lowest BCUT2D eigenvalue weighted by molar-refractivity contribution is -0.109. The molecule has 0 aliphatic carbocycles. The fraction of sp³-hybridized carbons (Fsp3) is 0.417. The molecule has 0 aliphatic heterocycles. The Hall–Kier alpha value is -1.40. The minimum absolute atomic E-state index is 0.0606. The zero-order chi connectivity index (χ0) is 14.7. The lowest BCUT2D eigenvalue weighted by Crippen LogP contribution is -2.38. The Balaban J connectivity index is 0.000000399. The highest BCUT2D eigenvalue weighted by atomic mass is 35.5. The molecule has 0 radical (unpaired) electrons. The van der Waals surface area contributed by atoms with Crippen molar-refractivity contribution < 1.29 is 4.79 Å². The van der Waals surface area contributed by atoms with E-state index in [1.54, 1.807) is 10.6 Å². The first kappa shape index (κ1) is 15.7. The molecular formula is C12H15ClN2O3S. The van der Waals surface area contributed by atoms with Crippen LogP contribution in [0.1, 0.15) is 26.8 Å². The van der Waals surface area contributed by atoms with Crippen LogP contribution in [0, 0.1) is 0 Å². The lowest BCUT2D eigenvalue weighted by atomic mass is 10.3. The van der Waals surface area contributed by atoms with Crippen LogP contribution in [0.4, 0.5) is 0 Å². The number of halogens is 1. The highest BCUT2D eigenvalue weighted by Gasteiger charge is 2.13. The van der Waals surface area contributed by atoms with Crippen LogP contribution >= 0.6 is 22.9 Å². The largest absolute Gasteiger partial charge is 0.332 e. The van der Waals surface area contributed by atoms with Crippen molar-refractivity contribution in [1.29, 1.82) is 0 Å². The maximum atomic E-state index is 11.9. The van der Waals surface area contributed by atoms with E-state index in [4.69, 9.17) is 0 Å². The van der Waals surface area contributed by atoms with Gasteiger partial charge in [-0.2, -0.15) is 0 Å². The van der Waals surface area contributed by atoms with Crippen molar-refractivity contribution >= 4 is 38.4 Å². The van der Waals surface area contributed by atoms with Crippen LogP contribution in [0.15, 0.2) is 21.0 Å². The van der Waals surface area contributed by atoms with Gasteiger partial charge in [0.25, 0.3) is 5.56 Å². The normalized spacial score (nSPS) is 10.4. The maximum absolute atomic E-state index is 11.9. The van der Waals surface area contributed by atoms with E-state index in [1.165, 1.54) is 25.3 Å². The average Bonchev–Trinajstić information content (AvgIpc) is 2.73. The molecule has 0 bridgehead atoms. The van der Waals surface area contributed by atoms with Gasteiger partial charge in [-0.05, 0) is 36.9 Å². The predicted molar refractivity (Wildman–Crippen MR) is 78.2 cm³/mol. The number of carbonyl (C=O) groups excluding carboxylic acids is 1. The van der Waals surface area contributed by atoms with Gasteiger partial charge < -0.3 is 0 Å². The molecule has 0 aliphatic rings. The molecule has 0 amide bonds. The van der Waals surface area contributed by atoms with Gasteiger partial charge in [0.05, 0.1) is 5.39 Å². The monoisotopic (exact) mass is 302 g/mol. The highest BCUT2D eigenvalue weighted by molar-refractivity contribution is 7.16. The molecule has 2 heterocycles. The lowest BCUT2D eigenvalue weighted by Gasteiger charge is -2.12. The SMILES string of the molecule is CC(=O)Cl.CC(C)n1c(=O)n(C)c(=O)c2ccsc21. The summed E-state index contributed by atoms with van der Waals surface area (Å²) in [6.45, 7) is 5.16. The molecular weight excluding hydrogens is 288 g/mol. The van der Waals surface area contributed by atoms with Crippen LogP contribution < -0.4 is 11.2 Å². The van der Waals surface area contributed by atoms with E-state index in [9.17, 15) is 14.4 Å². The number of hydrogen-bond donors (Lipinski definition) is 0. The summed E-state index contributed by atoms with van der Waals surface area (Å²) in [5.74, 6) is 0. The van der Waals surface area contributed by atoms with Gasteiger partial charge in [0.2, 0.25) is 5.24 Å². The van der Waals surface area contributed by atoms with Crippen LogP contribution in [-0.4, -0.2) is 14.4 Å². The third kappa shape index (κ3) is 3.33. The molecule has 2 rings (SSSR count). The van der Waals surface area contributed by atoms with Crippen LogP contribution in [0.3, 0.4) is 0 Å². The average molecular weight is 303 g/mol. The van der Waals surface area contributed by atoms with E-state index in [1.807, 2.05) is 19.2 Å². The fourth-order valence-electron chi connectivity index (χ4n) is 1.62. The van der Waals surface area contributed by atoms with Crippen molar-refractivity contribution in [2.45, 2.75) is 26.8 Å². The third-order valence-electron chi connectivity index (χ3n) is 2.41. The van der Waals surface area contributed by atoms with Gasteiger partial charge >= 0.3 is 5.69 Å². The summed E-state index contributed by atoms with van der Waals surface area (Å²) in [5.41, 5.74) is -0.460. The maximum Gasteiger partial charge on any atom is 0.332 e. The van der Waals surface area contributed by atoms with Gasteiger partial charge in [0.1, 0.15) is 4.83 Å². The predicted octanol–water partition coefficient (Wildman–Crippen LogP) is 2.11. The molecule has 0 fully saturated rings. The molecule has 0 N–H and O–H groups in total. The van der Waals surface area contributed by atoms with Gasteiger partial charge in [-0.3, -0.25) is 18.7 Å². The third-order valence-corrected chi connectivity index (χ3v) is 3.32. The number of carbonyl (C=O) groups is 1. The van der Waals surface area contributed by atoms with E-state index in [0.29, 0.717) is 5.39 Å². The summed E-state index contributed by atoms with van der Waals surface area (Å²) in [4.78, 5) is 33.6. The molecule has 2 aromatic rings. The van der Waals surface area contributed by atoms with Crippen molar-refractivity contribution in [1.82, 2.24) is 9.13 Å². The molecule has 0 aromatic carbocycles. The first-order chi connectivity index (χ1) is 8.77. The van der Waals surface area contributed by atoms with E-state index in [2.05, 4.69) is 11.6 Å². The van der Waals surface area contributed by atoms with Crippen molar-refractivity contribution in [2.75, 3.05) is 0 Å². The molecule has 19 heavy (non-hydrogen) atoms. The van der Waals surface area contributed by atoms with Gasteiger partial charge in [-0.1, -0.05) is 0 Å². The molecule has 104 valence electrons. The molecule has 5 nitrogen and oxygen atoms in total. The van der Waals surface area contributed by atoms with Crippen LogP contribution in [0.2, 0.25) is 0 Å². The quantitative estimate of drug-likeness (QED) is 0.758. The Morgan fingerprint density at radius 1 is 1.37 bits per heavy atom. The topological polar surface area (TPSA) is 61.1 Å². The molecule has 7 heteroatoms. The van der Waals surface area contributed by atoms with Gasteiger partial charge in [-0.15, -0.1) is 11.3 Å². The first-order valence-corrected chi connectivity index (χ1v) is 6.88. The van der Waals surface area contributed by atoms with E-state index < -0.39 is 0 Å². The zero-order valence-corrected chi connectivity index (χ0v) is 12.7. The number of hydrogen-bond acceptors (Lipinski definition) is 4. The summed E-state index contributed by atoms with van der Waals surface area (Å²) in [6.07, 6.45) is 0. The molecule has 0 saturated carbocycles. The van der Waals surface area contributed by atoms with Gasteiger partial charge in [0.15, 0.2) is 0 Å². The standard InChI is InChI=1S/C10H12N2O2S.C2H3ClO/c1-6(2)12-9-7(4-5-15-9)8(13)11(3)10(12)14;1-2(3)4/h4-6H,1-3H3;1H3. The minimum Gasteiger partial charge on any atom is -0.282 e. The van der Waals surface area contributed by atoms with E-state index in [0.717, 1.165) is 9.40 Å². The minimum atomic E-state index is -0.361. The number of rotatable bonds is 1. The van der Waals surface area contributed by atoms with Crippen molar-refractivity contribution in [3.63, 3.8) is 0 Å². The summed E-state index contributed by atoms with van der Waals surface area (Å²) < 4.78 is 2.82. The summed E-state index contributed by atoms with van der Waals surface area (Å²) >= 11 is 6.06. The number of fused-ring (bicyclic) bond motifs is 1. The Morgan fingerprint density at radius 2 is 1.89 bits per heavy atom. The van der Waals surface area contributed by atoms with Crippen molar-refractivity contribution in [2.24, 2.45) is 7.05 Å². The number of aromatic nitrogens is 2. The molecule has 0 saturated heterocycles. The first-order valence-electron chi connectivity index (χ1n) is 5.62. The second-order valence-electron chi connectivity index (χ2n) is 4.22. The highest BCUT2D eigenvalue weighted by Crippen LogP contribution is 2.18. The van der Waals surface area contributed by atoms with Gasteiger partial charge in [-0.25, -0.2) is 4.79 Å². The number of thiophene rings is 1. The Kier molecular flexibility index (Phi) is 5.08. The second-order valence-corrected chi connectivity index (χ2v) is 5.65. The Morgan fingerprint density at radius 3 is 2.37 bits per heavy atom. The van der Waals surface area contributed by atoms with E-state index in [-0.39, 0.29) is 22.5 Å². The van der Waals surface area contributed by atoms with Crippen molar-refractivity contribution in [3.05, 3.63) is 32.3 Å². The van der Waals surface area contributed by atoms with Crippen LogP contribution in [0.25, 0.3) is 10.2 Å². The second kappa shape index (κ2) is 6.16. The zero-order valence-electron chi connectivity index (χ0n) is 11.1. The molecule has 0 unspecified atom stereocenters. The summed E-state index contributed by atoms with van der Waals surface area (Å²) in [5, 5.41) is 2.10. The smallest absolute Gasteiger partial charge is 0.282 e. The Bertz CT molecular complexity index is 708. The fourth-order valence-corrected chi connectivity index (χ4v) is 2.64. The number of nitrogens with zero attached hydrogens (tertiary/aromatic N) is 2. The van der Waals surface area contributed by atoms with Gasteiger partial charge in [0, 0.05) is 20.0 Å². The van der Waals surface area contributed by atoms with E-state index >= 15 is 0 Å². The van der Waals surface area contributed by atoms with Crippen LogP contribution in [-0.2, 0) is 11.8 Å². The summed E-state index contributed by atoms with van der Waals surface area (Å²) in [6, 6.07) is 1.83. The summed E-state index contributed by atoms with van der Waals surface area (Å²) in [7, 11) is 1.51. The molecule has 2 aromatic heterocycles. The van der Waals surface area contributed by atoms with Crippen LogP contribution in [0.5, 0.6) is 0 Å². The Labute approximate surface area is 119 Å².